The Morgan fingerprint density at radius 2 is 2.12 bits per heavy atom. The van der Waals surface area contributed by atoms with Gasteiger partial charge in [0, 0.05) is 10.4 Å². The first-order valence-corrected chi connectivity index (χ1v) is 6.23. The van der Waals surface area contributed by atoms with Crippen LogP contribution in [0, 0.1) is 5.92 Å². The third kappa shape index (κ3) is 5.19. The molecule has 1 atom stereocenters. The highest BCUT2D eigenvalue weighted by Gasteiger charge is 2.08. The fourth-order valence-corrected chi connectivity index (χ4v) is 1.59. The van der Waals surface area contributed by atoms with Gasteiger partial charge in [-0.25, -0.2) is 0 Å². The minimum Gasteiger partial charge on any atom is -0.393 e. The van der Waals surface area contributed by atoms with Crippen LogP contribution in [-0.4, -0.2) is 24.2 Å². The quantitative estimate of drug-likeness (QED) is 0.365. The van der Waals surface area contributed by atoms with Gasteiger partial charge in [0.2, 0.25) is 0 Å². The largest absolute Gasteiger partial charge is 0.393 e. The molecule has 0 aliphatic rings. The van der Waals surface area contributed by atoms with Gasteiger partial charge in [0.15, 0.2) is 0 Å². The number of halogens is 1. The monoisotopic (exact) mass is 300 g/mol. The first kappa shape index (κ1) is 14.0. The summed E-state index contributed by atoms with van der Waals surface area (Å²) in [4.78, 5) is 4.83. The molecule has 1 aromatic carbocycles. The number of nitrogens with zero attached hydrogens (tertiary/aromatic N) is 1. The SMILES string of the molecule is C[C@@H](Cc1ccc(Br)cc1)/C(N)=N/OCCO. The number of aliphatic hydroxyl groups excluding tert-OH is 1. The molecule has 0 heterocycles. The van der Waals surface area contributed by atoms with E-state index in [1.807, 2.05) is 31.2 Å². The molecule has 1 rings (SSSR count). The van der Waals surface area contributed by atoms with Crippen LogP contribution in [-0.2, 0) is 11.3 Å². The summed E-state index contributed by atoms with van der Waals surface area (Å²) in [6, 6.07) is 8.08. The van der Waals surface area contributed by atoms with Crippen LogP contribution in [0.1, 0.15) is 12.5 Å². The van der Waals surface area contributed by atoms with Crippen LogP contribution in [0.25, 0.3) is 0 Å². The van der Waals surface area contributed by atoms with Crippen LogP contribution < -0.4 is 5.73 Å². The molecule has 0 amide bonds. The van der Waals surface area contributed by atoms with Crippen molar-refractivity contribution in [2.75, 3.05) is 13.2 Å². The Morgan fingerprint density at radius 3 is 2.71 bits per heavy atom. The predicted octanol–water partition coefficient (Wildman–Crippen LogP) is 1.91. The first-order chi connectivity index (χ1) is 8.13. The van der Waals surface area contributed by atoms with E-state index in [2.05, 4.69) is 21.1 Å². The minimum absolute atomic E-state index is 0.0577. The molecule has 94 valence electrons. The van der Waals surface area contributed by atoms with Crippen LogP contribution in [0.3, 0.4) is 0 Å². The number of hydrogen-bond donors (Lipinski definition) is 2. The molecule has 0 unspecified atom stereocenters. The van der Waals surface area contributed by atoms with Gasteiger partial charge in [0.1, 0.15) is 12.4 Å². The van der Waals surface area contributed by atoms with Crippen LogP contribution >= 0.6 is 15.9 Å². The molecule has 0 aliphatic heterocycles. The van der Waals surface area contributed by atoms with Crippen molar-refractivity contribution in [1.82, 2.24) is 0 Å². The fourth-order valence-electron chi connectivity index (χ4n) is 1.33. The number of rotatable bonds is 6. The Morgan fingerprint density at radius 1 is 1.47 bits per heavy atom. The van der Waals surface area contributed by atoms with E-state index in [0.717, 1.165) is 10.9 Å². The number of hydrogen-bond acceptors (Lipinski definition) is 3. The van der Waals surface area contributed by atoms with E-state index in [-0.39, 0.29) is 19.1 Å². The van der Waals surface area contributed by atoms with Gasteiger partial charge < -0.3 is 15.7 Å². The summed E-state index contributed by atoms with van der Waals surface area (Å²) in [5.74, 6) is 0.552. The molecule has 0 radical (unpaired) electrons. The van der Waals surface area contributed by atoms with E-state index in [9.17, 15) is 0 Å². The molecular formula is C12H17BrN2O2. The zero-order valence-electron chi connectivity index (χ0n) is 9.77. The Labute approximate surface area is 110 Å². The summed E-state index contributed by atoms with van der Waals surface area (Å²) in [7, 11) is 0. The molecule has 17 heavy (non-hydrogen) atoms. The molecule has 3 N–H and O–H groups in total. The van der Waals surface area contributed by atoms with Crippen molar-refractivity contribution in [3.8, 4) is 0 Å². The van der Waals surface area contributed by atoms with E-state index >= 15 is 0 Å². The van der Waals surface area contributed by atoms with E-state index in [0.29, 0.717) is 5.84 Å². The lowest BCUT2D eigenvalue weighted by molar-refractivity contribution is 0.0973. The minimum atomic E-state index is -0.0577. The smallest absolute Gasteiger partial charge is 0.142 e. The van der Waals surface area contributed by atoms with Gasteiger partial charge in [0.25, 0.3) is 0 Å². The average molecular weight is 301 g/mol. The zero-order valence-corrected chi connectivity index (χ0v) is 11.4. The van der Waals surface area contributed by atoms with Crippen LogP contribution in [0.2, 0.25) is 0 Å². The van der Waals surface area contributed by atoms with Crippen LogP contribution in [0.5, 0.6) is 0 Å². The Bertz CT molecular complexity index is 365. The second-order valence-electron chi connectivity index (χ2n) is 3.80. The number of benzene rings is 1. The highest BCUT2D eigenvalue weighted by Crippen LogP contribution is 2.14. The summed E-state index contributed by atoms with van der Waals surface area (Å²) in [5, 5.41) is 12.3. The van der Waals surface area contributed by atoms with Gasteiger partial charge in [-0.1, -0.05) is 40.1 Å². The van der Waals surface area contributed by atoms with E-state index < -0.39 is 0 Å². The molecule has 5 heteroatoms. The van der Waals surface area contributed by atoms with Crippen molar-refractivity contribution in [2.45, 2.75) is 13.3 Å². The Balaban J connectivity index is 2.50. The molecule has 1 aromatic rings. The van der Waals surface area contributed by atoms with E-state index in [4.69, 9.17) is 15.7 Å². The molecule has 0 saturated carbocycles. The van der Waals surface area contributed by atoms with E-state index in [1.54, 1.807) is 0 Å². The maximum absolute atomic E-state index is 8.54. The number of oxime groups is 1. The van der Waals surface area contributed by atoms with Gasteiger partial charge in [0.05, 0.1) is 6.61 Å². The normalized spacial score (nSPS) is 13.5. The number of nitrogens with two attached hydrogens (primary N) is 1. The summed E-state index contributed by atoms with van der Waals surface area (Å²) in [6.45, 7) is 2.10. The second-order valence-corrected chi connectivity index (χ2v) is 4.72. The van der Waals surface area contributed by atoms with Crippen LogP contribution in [0.15, 0.2) is 33.9 Å². The lowest BCUT2D eigenvalue weighted by atomic mass is 10.0. The fraction of sp³-hybridized carbons (Fsp3) is 0.417. The van der Waals surface area contributed by atoms with Crippen molar-refractivity contribution in [2.24, 2.45) is 16.8 Å². The topological polar surface area (TPSA) is 67.8 Å². The molecule has 0 bridgehead atoms. The molecule has 0 aromatic heterocycles. The molecule has 0 spiro atoms. The third-order valence-corrected chi connectivity index (χ3v) is 2.84. The Hall–Kier alpha value is -1.07. The third-order valence-electron chi connectivity index (χ3n) is 2.31. The van der Waals surface area contributed by atoms with Crippen molar-refractivity contribution in [1.29, 1.82) is 0 Å². The summed E-state index contributed by atoms with van der Waals surface area (Å²) < 4.78 is 1.06. The van der Waals surface area contributed by atoms with Crippen molar-refractivity contribution in [3.05, 3.63) is 34.3 Å². The van der Waals surface area contributed by atoms with Crippen molar-refractivity contribution in [3.63, 3.8) is 0 Å². The van der Waals surface area contributed by atoms with Crippen molar-refractivity contribution >= 4 is 21.8 Å². The molecule has 0 aliphatic carbocycles. The van der Waals surface area contributed by atoms with Gasteiger partial charge in [-0.15, -0.1) is 0 Å². The van der Waals surface area contributed by atoms with Crippen LogP contribution in [0.4, 0.5) is 0 Å². The van der Waals surface area contributed by atoms with Gasteiger partial charge >= 0.3 is 0 Å². The highest BCUT2D eigenvalue weighted by molar-refractivity contribution is 9.10. The molecule has 4 nitrogen and oxygen atoms in total. The first-order valence-electron chi connectivity index (χ1n) is 5.44. The molecular weight excluding hydrogens is 284 g/mol. The summed E-state index contributed by atoms with van der Waals surface area (Å²) in [5.41, 5.74) is 6.97. The van der Waals surface area contributed by atoms with Gasteiger partial charge in [-0.3, -0.25) is 0 Å². The van der Waals surface area contributed by atoms with Gasteiger partial charge in [-0.05, 0) is 24.1 Å². The number of aliphatic hydroxyl groups is 1. The lowest BCUT2D eigenvalue weighted by Crippen LogP contribution is -2.23. The maximum atomic E-state index is 8.54. The highest BCUT2D eigenvalue weighted by atomic mass is 79.9. The standard InChI is InChI=1S/C12H17BrN2O2/c1-9(12(14)15-17-7-6-16)8-10-2-4-11(13)5-3-10/h2-5,9,16H,6-8H2,1H3,(H2,14,15)/t9-/m0/s1. The van der Waals surface area contributed by atoms with Gasteiger partial charge in [-0.2, -0.15) is 0 Å². The molecule has 0 saturated heterocycles. The number of amidine groups is 1. The van der Waals surface area contributed by atoms with E-state index in [1.165, 1.54) is 5.56 Å². The average Bonchev–Trinajstić information content (AvgIpc) is 2.32. The maximum Gasteiger partial charge on any atom is 0.142 e. The summed E-state index contributed by atoms with van der Waals surface area (Å²) >= 11 is 3.39. The second kappa shape index (κ2) is 7.29. The molecule has 0 fully saturated rings. The summed E-state index contributed by atoms with van der Waals surface area (Å²) in [6.07, 6.45) is 0.811. The van der Waals surface area contributed by atoms with Crippen molar-refractivity contribution < 1.29 is 9.94 Å². The lowest BCUT2D eigenvalue weighted by Gasteiger charge is -2.10. The zero-order chi connectivity index (χ0) is 12.7. The Kier molecular flexibility index (Phi) is 6.00. The predicted molar refractivity (Wildman–Crippen MR) is 71.7 cm³/mol.